The van der Waals surface area contributed by atoms with E-state index in [0.29, 0.717) is 11.8 Å². The molecule has 1 amide bonds. The van der Waals surface area contributed by atoms with Crippen LogP contribution in [-0.2, 0) is 9.59 Å². The number of rotatable bonds is 5. The molecule has 3 aliphatic heterocycles. The van der Waals surface area contributed by atoms with Crippen LogP contribution in [0.3, 0.4) is 0 Å². The summed E-state index contributed by atoms with van der Waals surface area (Å²) in [5.41, 5.74) is 6.91. The quantitative estimate of drug-likeness (QED) is 0.681. The molecule has 7 nitrogen and oxygen atoms in total. The predicted octanol–water partition coefficient (Wildman–Crippen LogP) is 3.19. The Hall–Kier alpha value is -2.36. The number of nitrogens with one attached hydrogen (secondary N) is 1. The molecule has 3 unspecified atom stereocenters. The van der Waals surface area contributed by atoms with E-state index in [2.05, 4.69) is 27.3 Å². The fraction of sp³-hybridized carbons (Fsp3) is 0.391. The van der Waals surface area contributed by atoms with Crippen LogP contribution in [0, 0.1) is 0 Å². The number of carbonyl (C=O) groups excluding carboxylic acids is 2. The van der Waals surface area contributed by atoms with Crippen molar-refractivity contribution in [3.05, 3.63) is 60.2 Å². The Kier molecular flexibility index (Phi) is 6.21. The van der Waals surface area contributed by atoms with Crippen molar-refractivity contribution in [2.45, 2.75) is 36.3 Å². The molecule has 0 aliphatic carbocycles. The average molecular weight is 468 g/mol. The van der Waals surface area contributed by atoms with Gasteiger partial charge in [-0.2, -0.15) is 16.9 Å². The molecule has 0 saturated carbocycles. The molecule has 0 radical (unpaired) electrons. The van der Waals surface area contributed by atoms with E-state index >= 15 is 0 Å². The van der Waals surface area contributed by atoms with Crippen LogP contribution in [0.4, 0.5) is 0 Å². The number of likely N-dealkylation sites (tertiary alicyclic amines) is 1. The zero-order chi connectivity index (χ0) is 22.1. The van der Waals surface area contributed by atoms with Gasteiger partial charge < -0.3 is 4.57 Å². The molecule has 0 spiro atoms. The van der Waals surface area contributed by atoms with Gasteiger partial charge in [0.1, 0.15) is 6.04 Å². The van der Waals surface area contributed by atoms with E-state index < -0.39 is 6.04 Å². The highest BCUT2D eigenvalue weighted by molar-refractivity contribution is 8.15. The van der Waals surface area contributed by atoms with E-state index in [1.165, 1.54) is 11.8 Å². The number of amides is 1. The summed E-state index contributed by atoms with van der Waals surface area (Å²) in [7, 11) is 0. The highest BCUT2D eigenvalue weighted by Crippen LogP contribution is 2.37. The molecule has 3 aliphatic rings. The largest absolute Gasteiger partial charge is 0.306 e. The van der Waals surface area contributed by atoms with Crippen LogP contribution in [0.25, 0.3) is 5.69 Å². The highest BCUT2D eigenvalue weighted by atomic mass is 32.2. The second-order valence-electron chi connectivity index (χ2n) is 8.21. The fourth-order valence-electron chi connectivity index (χ4n) is 4.45. The van der Waals surface area contributed by atoms with Gasteiger partial charge in [0.05, 0.1) is 12.0 Å². The number of hydrazone groups is 1. The second-order valence-corrected chi connectivity index (χ2v) is 10.9. The lowest BCUT2D eigenvalue weighted by molar-refractivity contribution is -0.126. The van der Waals surface area contributed by atoms with E-state index in [0.717, 1.165) is 47.7 Å². The summed E-state index contributed by atoms with van der Waals surface area (Å²) in [6.45, 7) is 3.50. The topological polar surface area (TPSA) is 79.6 Å². The van der Waals surface area contributed by atoms with Gasteiger partial charge in [0, 0.05) is 41.7 Å². The van der Waals surface area contributed by atoms with Crippen LogP contribution >= 0.6 is 23.5 Å². The number of nitrogens with zero attached hydrogens (tertiary/aromatic N) is 4. The molecule has 2 saturated heterocycles. The minimum Gasteiger partial charge on any atom is -0.306 e. The molecule has 2 aromatic rings. The smallest absolute Gasteiger partial charge is 0.262 e. The Morgan fingerprint density at radius 3 is 2.88 bits per heavy atom. The second kappa shape index (κ2) is 9.25. The van der Waals surface area contributed by atoms with Crippen molar-refractivity contribution >= 4 is 40.3 Å². The predicted molar refractivity (Wildman–Crippen MR) is 129 cm³/mol. The Bertz CT molecular complexity index is 1060. The minimum atomic E-state index is -0.469. The van der Waals surface area contributed by atoms with Crippen LogP contribution in [0.1, 0.15) is 31.4 Å². The molecule has 4 heterocycles. The molecule has 9 heteroatoms. The summed E-state index contributed by atoms with van der Waals surface area (Å²) in [5.74, 6) is 0.913. The zero-order valence-electron chi connectivity index (χ0n) is 17.8. The van der Waals surface area contributed by atoms with Gasteiger partial charge in [-0.15, -0.1) is 0 Å². The minimum absolute atomic E-state index is 0.122. The number of hydrogen-bond donors (Lipinski definition) is 1. The summed E-state index contributed by atoms with van der Waals surface area (Å²) in [5, 5.41) is 5.18. The Labute approximate surface area is 195 Å². The first-order valence-corrected chi connectivity index (χ1v) is 12.7. The van der Waals surface area contributed by atoms with E-state index in [1.54, 1.807) is 18.6 Å². The average Bonchev–Trinajstić information content (AvgIpc) is 3.53. The van der Waals surface area contributed by atoms with Crippen LogP contribution in [-0.4, -0.2) is 60.5 Å². The van der Waals surface area contributed by atoms with E-state index in [9.17, 15) is 9.59 Å². The van der Waals surface area contributed by atoms with Crippen molar-refractivity contribution in [1.29, 1.82) is 0 Å². The van der Waals surface area contributed by atoms with Crippen molar-refractivity contribution in [2.24, 2.45) is 5.10 Å². The molecule has 166 valence electrons. The maximum Gasteiger partial charge on any atom is 0.262 e. The molecule has 32 heavy (non-hydrogen) atoms. The van der Waals surface area contributed by atoms with Gasteiger partial charge in [-0.3, -0.25) is 14.5 Å². The summed E-state index contributed by atoms with van der Waals surface area (Å²) in [6, 6.07) is 7.52. The van der Waals surface area contributed by atoms with Gasteiger partial charge >= 0.3 is 0 Å². The molecular formula is C23H25N5O2S2. The van der Waals surface area contributed by atoms with Crippen LogP contribution in [0.2, 0.25) is 0 Å². The Balaban J connectivity index is 1.41. The molecular weight excluding hydrogens is 442 g/mol. The summed E-state index contributed by atoms with van der Waals surface area (Å²) < 4.78 is 1.93. The number of benzene rings is 1. The van der Waals surface area contributed by atoms with Gasteiger partial charge in [-0.25, -0.2) is 10.4 Å². The summed E-state index contributed by atoms with van der Waals surface area (Å²) in [6.07, 6.45) is 8.90. The maximum absolute atomic E-state index is 13.4. The normalized spacial score (nSPS) is 25.6. The van der Waals surface area contributed by atoms with E-state index in [-0.39, 0.29) is 16.3 Å². The van der Waals surface area contributed by atoms with Gasteiger partial charge in [0.15, 0.2) is 0 Å². The zero-order valence-corrected chi connectivity index (χ0v) is 19.4. The van der Waals surface area contributed by atoms with Gasteiger partial charge in [0.25, 0.3) is 5.91 Å². The SMILES string of the molecule is CC1SCC/C1=N/NC(=O)C(c1ccc(-n2ccnc2)cc1)N1CCC2SC(=O)C=C2C1. The number of carbonyl (C=O) groups is 2. The lowest BCUT2D eigenvalue weighted by Crippen LogP contribution is -2.44. The van der Waals surface area contributed by atoms with Crippen molar-refractivity contribution in [1.82, 2.24) is 19.9 Å². The van der Waals surface area contributed by atoms with Gasteiger partial charge in [-0.1, -0.05) is 23.9 Å². The van der Waals surface area contributed by atoms with Crippen LogP contribution < -0.4 is 5.43 Å². The number of fused-ring (bicyclic) bond motifs is 1. The molecule has 1 aromatic heterocycles. The van der Waals surface area contributed by atoms with Gasteiger partial charge in [0.2, 0.25) is 5.12 Å². The number of thioether (sulfide) groups is 2. The fourth-order valence-corrected chi connectivity index (χ4v) is 6.51. The summed E-state index contributed by atoms with van der Waals surface area (Å²) in [4.78, 5) is 31.5. The third kappa shape index (κ3) is 4.42. The third-order valence-electron chi connectivity index (χ3n) is 6.17. The Morgan fingerprint density at radius 1 is 1.31 bits per heavy atom. The standard InChI is InChI=1S/C23H25N5O2S2/c1-15-19(7-11-31-15)25-26-23(30)22(27-9-6-20-17(13-27)12-21(29)32-20)16-2-4-18(5-3-16)28-10-8-24-14-28/h2-5,8,10,12,14-15,20,22H,6-7,9,11,13H2,1H3,(H,26,30)/b25-19-. The van der Waals surface area contributed by atoms with Crippen molar-refractivity contribution in [2.75, 3.05) is 18.8 Å². The maximum atomic E-state index is 13.4. The van der Waals surface area contributed by atoms with Crippen LogP contribution in [0.5, 0.6) is 0 Å². The molecule has 5 rings (SSSR count). The van der Waals surface area contributed by atoms with Gasteiger partial charge in [-0.05, 0) is 54.9 Å². The lowest BCUT2D eigenvalue weighted by atomic mass is 9.98. The van der Waals surface area contributed by atoms with Crippen LogP contribution in [0.15, 0.2) is 59.7 Å². The number of piperidine rings is 1. The molecule has 0 bridgehead atoms. The first kappa shape index (κ1) is 21.5. The van der Waals surface area contributed by atoms with Crippen molar-refractivity contribution in [3.8, 4) is 5.69 Å². The highest BCUT2D eigenvalue weighted by Gasteiger charge is 2.37. The summed E-state index contributed by atoms with van der Waals surface area (Å²) >= 11 is 3.26. The number of aromatic nitrogens is 2. The Morgan fingerprint density at radius 2 is 2.16 bits per heavy atom. The lowest BCUT2D eigenvalue weighted by Gasteiger charge is -2.36. The van der Waals surface area contributed by atoms with Crippen molar-refractivity contribution < 1.29 is 9.59 Å². The van der Waals surface area contributed by atoms with E-state index in [1.807, 2.05) is 46.8 Å². The third-order valence-corrected chi connectivity index (χ3v) is 8.55. The monoisotopic (exact) mass is 467 g/mol. The first-order valence-electron chi connectivity index (χ1n) is 10.8. The van der Waals surface area contributed by atoms with E-state index in [4.69, 9.17) is 0 Å². The molecule has 1 aromatic carbocycles. The molecule has 2 fully saturated rings. The first-order chi connectivity index (χ1) is 15.6. The van der Waals surface area contributed by atoms with Crippen molar-refractivity contribution in [3.63, 3.8) is 0 Å². The molecule has 1 N–H and O–H groups in total. The number of hydrogen-bond acceptors (Lipinski definition) is 7. The molecule has 3 atom stereocenters. The number of imidazole rings is 1.